The van der Waals surface area contributed by atoms with E-state index in [9.17, 15) is 13.2 Å². The molecule has 0 aromatic heterocycles. The number of sulfonamides is 1. The summed E-state index contributed by atoms with van der Waals surface area (Å²) in [6.45, 7) is 5.70. The third kappa shape index (κ3) is 5.00. The Morgan fingerprint density at radius 1 is 1.26 bits per heavy atom. The maximum absolute atomic E-state index is 12.0. The summed E-state index contributed by atoms with van der Waals surface area (Å²) in [6, 6.07) is 6.62. The molecule has 0 spiro atoms. The summed E-state index contributed by atoms with van der Waals surface area (Å²) in [5.74, 6) is -0.268. The van der Waals surface area contributed by atoms with Crippen molar-refractivity contribution in [2.24, 2.45) is 10.6 Å². The van der Waals surface area contributed by atoms with E-state index in [1.54, 1.807) is 24.3 Å². The molecule has 1 aromatic carbocycles. The molecule has 19 heavy (non-hydrogen) atoms. The fraction of sp³-hybridized carbons (Fsp3) is 0.462. The van der Waals surface area contributed by atoms with Crippen LogP contribution in [0.5, 0.6) is 0 Å². The number of hydrogen-bond donors (Lipinski definition) is 2. The van der Waals surface area contributed by atoms with Crippen LogP contribution in [0.3, 0.4) is 0 Å². The number of nitrogens with one attached hydrogen (secondary N) is 1. The average molecular weight is 284 g/mol. The van der Waals surface area contributed by atoms with Gasteiger partial charge in [0.05, 0.1) is 5.75 Å². The van der Waals surface area contributed by atoms with Crippen molar-refractivity contribution in [3.05, 3.63) is 29.8 Å². The van der Waals surface area contributed by atoms with E-state index in [0.29, 0.717) is 11.3 Å². The SMILES string of the molecule is CCC(C)(C)C(=O)Nc1ccc(CS(N)(=O)=O)cc1. The van der Waals surface area contributed by atoms with Gasteiger partial charge in [-0.15, -0.1) is 0 Å². The third-order valence-electron chi connectivity index (χ3n) is 3.08. The van der Waals surface area contributed by atoms with Gasteiger partial charge in [0.15, 0.2) is 0 Å². The fourth-order valence-electron chi connectivity index (χ4n) is 1.38. The van der Waals surface area contributed by atoms with E-state index in [2.05, 4.69) is 5.32 Å². The number of primary sulfonamides is 1. The highest BCUT2D eigenvalue weighted by atomic mass is 32.2. The lowest BCUT2D eigenvalue weighted by molar-refractivity contribution is -0.124. The topological polar surface area (TPSA) is 89.3 Å². The summed E-state index contributed by atoms with van der Waals surface area (Å²) in [6.07, 6.45) is 0.738. The Hall–Kier alpha value is -1.40. The summed E-state index contributed by atoms with van der Waals surface area (Å²) in [5.41, 5.74) is 0.805. The second-order valence-electron chi connectivity index (χ2n) is 5.20. The van der Waals surface area contributed by atoms with E-state index in [-0.39, 0.29) is 11.7 Å². The van der Waals surface area contributed by atoms with Crippen molar-refractivity contribution in [3.8, 4) is 0 Å². The summed E-state index contributed by atoms with van der Waals surface area (Å²) in [4.78, 5) is 12.0. The molecular weight excluding hydrogens is 264 g/mol. The molecule has 3 N–H and O–H groups in total. The first-order valence-corrected chi connectivity index (χ1v) is 7.76. The highest BCUT2D eigenvalue weighted by Gasteiger charge is 2.25. The van der Waals surface area contributed by atoms with Gasteiger partial charge in [-0.3, -0.25) is 4.79 Å². The van der Waals surface area contributed by atoms with Crippen LogP contribution in [0.1, 0.15) is 32.8 Å². The van der Waals surface area contributed by atoms with Crippen molar-refractivity contribution >= 4 is 21.6 Å². The Labute approximate surface area is 114 Å². The first-order valence-electron chi connectivity index (χ1n) is 6.05. The molecule has 6 heteroatoms. The molecule has 0 aliphatic carbocycles. The second kappa shape index (κ2) is 5.71. The number of anilines is 1. The van der Waals surface area contributed by atoms with E-state index >= 15 is 0 Å². The van der Waals surface area contributed by atoms with Crippen molar-refractivity contribution in [1.29, 1.82) is 0 Å². The molecule has 0 aliphatic rings. The van der Waals surface area contributed by atoms with Gasteiger partial charge < -0.3 is 5.32 Å². The second-order valence-corrected chi connectivity index (χ2v) is 6.81. The van der Waals surface area contributed by atoms with Crippen molar-refractivity contribution in [2.75, 3.05) is 5.32 Å². The largest absolute Gasteiger partial charge is 0.326 e. The minimum atomic E-state index is -3.53. The van der Waals surface area contributed by atoms with Gasteiger partial charge in [0.1, 0.15) is 0 Å². The van der Waals surface area contributed by atoms with E-state index in [4.69, 9.17) is 5.14 Å². The first-order chi connectivity index (χ1) is 8.64. The smallest absolute Gasteiger partial charge is 0.230 e. The predicted octanol–water partition coefficient (Wildman–Crippen LogP) is 1.85. The van der Waals surface area contributed by atoms with Gasteiger partial charge in [-0.05, 0) is 24.1 Å². The van der Waals surface area contributed by atoms with E-state index < -0.39 is 15.4 Å². The Balaban J connectivity index is 2.75. The van der Waals surface area contributed by atoms with Crippen molar-refractivity contribution in [2.45, 2.75) is 32.9 Å². The number of carbonyl (C=O) groups excluding carboxylic acids is 1. The molecule has 1 aromatic rings. The first kappa shape index (κ1) is 15.7. The van der Waals surface area contributed by atoms with Gasteiger partial charge in [0, 0.05) is 11.1 Å². The number of rotatable bonds is 5. The fourth-order valence-corrected chi connectivity index (χ4v) is 2.03. The van der Waals surface area contributed by atoms with Gasteiger partial charge in [0.2, 0.25) is 15.9 Å². The molecule has 0 saturated carbocycles. The lowest BCUT2D eigenvalue weighted by Gasteiger charge is -2.21. The quantitative estimate of drug-likeness (QED) is 0.864. The van der Waals surface area contributed by atoms with Crippen LogP contribution >= 0.6 is 0 Å². The van der Waals surface area contributed by atoms with Crippen molar-refractivity contribution in [1.82, 2.24) is 0 Å². The lowest BCUT2D eigenvalue weighted by atomic mass is 9.89. The van der Waals surface area contributed by atoms with Crippen LogP contribution < -0.4 is 10.5 Å². The van der Waals surface area contributed by atoms with Crippen LogP contribution in [0.2, 0.25) is 0 Å². The third-order valence-corrected chi connectivity index (χ3v) is 3.81. The minimum Gasteiger partial charge on any atom is -0.326 e. The number of hydrogen-bond acceptors (Lipinski definition) is 3. The number of carbonyl (C=O) groups is 1. The Morgan fingerprint density at radius 3 is 2.21 bits per heavy atom. The molecule has 0 bridgehead atoms. The van der Waals surface area contributed by atoms with Gasteiger partial charge in [0.25, 0.3) is 0 Å². The summed E-state index contributed by atoms with van der Waals surface area (Å²) >= 11 is 0. The Kier molecular flexibility index (Phi) is 4.70. The van der Waals surface area contributed by atoms with Gasteiger partial charge in [-0.25, -0.2) is 13.6 Å². The Morgan fingerprint density at radius 2 is 1.79 bits per heavy atom. The number of benzene rings is 1. The molecule has 1 amide bonds. The molecule has 0 saturated heterocycles. The average Bonchev–Trinajstić information content (AvgIpc) is 2.29. The molecule has 0 fully saturated rings. The molecule has 5 nitrogen and oxygen atoms in total. The van der Waals surface area contributed by atoms with Crippen LogP contribution in [-0.2, 0) is 20.6 Å². The van der Waals surface area contributed by atoms with Gasteiger partial charge in [-0.1, -0.05) is 32.9 Å². The van der Waals surface area contributed by atoms with Crippen LogP contribution in [0, 0.1) is 5.41 Å². The lowest BCUT2D eigenvalue weighted by Crippen LogP contribution is -2.29. The van der Waals surface area contributed by atoms with E-state index in [1.165, 1.54) is 0 Å². The molecule has 0 heterocycles. The number of nitrogens with two attached hydrogens (primary N) is 1. The van der Waals surface area contributed by atoms with Crippen molar-refractivity contribution in [3.63, 3.8) is 0 Å². The maximum Gasteiger partial charge on any atom is 0.230 e. The zero-order valence-corrected chi connectivity index (χ0v) is 12.3. The predicted molar refractivity (Wildman–Crippen MR) is 76.0 cm³/mol. The summed E-state index contributed by atoms with van der Waals surface area (Å²) in [7, 11) is -3.53. The number of amides is 1. The molecule has 0 atom stereocenters. The van der Waals surface area contributed by atoms with Crippen LogP contribution in [0.25, 0.3) is 0 Å². The van der Waals surface area contributed by atoms with E-state index in [1.807, 2.05) is 20.8 Å². The van der Waals surface area contributed by atoms with Gasteiger partial charge in [-0.2, -0.15) is 0 Å². The molecule has 0 aliphatic heterocycles. The molecule has 0 radical (unpaired) electrons. The Bertz CT molecular complexity index is 548. The van der Waals surface area contributed by atoms with E-state index in [0.717, 1.165) is 6.42 Å². The minimum absolute atomic E-state index is 0.0609. The molecule has 0 unspecified atom stereocenters. The summed E-state index contributed by atoms with van der Waals surface area (Å²) < 4.78 is 21.9. The zero-order valence-electron chi connectivity index (χ0n) is 11.4. The highest BCUT2D eigenvalue weighted by molar-refractivity contribution is 7.88. The van der Waals surface area contributed by atoms with Gasteiger partial charge >= 0.3 is 0 Å². The molecule has 1 rings (SSSR count). The monoisotopic (exact) mass is 284 g/mol. The standard InChI is InChI=1S/C13H20N2O3S/c1-4-13(2,3)12(16)15-11-7-5-10(6-8-11)9-19(14,17)18/h5-8H,4,9H2,1-3H3,(H,15,16)(H2,14,17,18). The van der Waals surface area contributed by atoms with Crippen molar-refractivity contribution < 1.29 is 13.2 Å². The summed E-state index contributed by atoms with van der Waals surface area (Å²) in [5, 5.41) is 7.77. The normalized spacial score (nSPS) is 12.2. The van der Waals surface area contributed by atoms with Crippen LogP contribution in [0.15, 0.2) is 24.3 Å². The highest BCUT2D eigenvalue weighted by Crippen LogP contribution is 2.22. The maximum atomic E-state index is 12.0. The van der Waals surface area contributed by atoms with Crippen LogP contribution in [0.4, 0.5) is 5.69 Å². The van der Waals surface area contributed by atoms with Crippen LogP contribution in [-0.4, -0.2) is 14.3 Å². The molecule has 106 valence electrons. The zero-order chi connectivity index (χ0) is 14.7. The molecular formula is C13H20N2O3S.